The van der Waals surface area contributed by atoms with Crippen molar-refractivity contribution in [2.45, 2.75) is 18.9 Å². The number of hydrogen-bond donors (Lipinski definition) is 2. The van der Waals surface area contributed by atoms with Gasteiger partial charge in [0.25, 0.3) is 0 Å². The molecule has 1 saturated heterocycles. The van der Waals surface area contributed by atoms with Crippen molar-refractivity contribution in [2.24, 2.45) is 5.73 Å². The third kappa shape index (κ3) is 1.96. The Morgan fingerprint density at radius 1 is 1.50 bits per heavy atom. The molecule has 1 aliphatic heterocycles. The van der Waals surface area contributed by atoms with Crippen molar-refractivity contribution >= 4 is 5.69 Å². The molecule has 0 aliphatic carbocycles. The molecule has 4 heteroatoms. The minimum Gasteiger partial charge on any atom is -0.369 e. The van der Waals surface area contributed by atoms with Crippen molar-refractivity contribution in [1.29, 1.82) is 0 Å². The van der Waals surface area contributed by atoms with Gasteiger partial charge in [0.05, 0.1) is 5.69 Å². The Kier molecular flexibility index (Phi) is 2.54. The summed E-state index contributed by atoms with van der Waals surface area (Å²) in [6.07, 6.45) is 3.97. The maximum atomic E-state index is 10.9. The number of H-pyrrole nitrogens is 1. The number of piperidine rings is 1. The van der Waals surface area contributed by atoms with Gasteiger partial charge in [-0.2, -0.15) is 0 Å². The summed E-state index contributed by atoms with van der Waals surface area (Å²) in [4.78, 5) is 15.8. The largest absolute Gasteiger partial charge is 0.369 e. The Balaban J connectivity index is 2.14. The molecule has 1 aromatic heterocycles. The van der Waals surface area contributed by atoms with Crippen LogP contribution >= 0.6 is 0 Å². The fourth-order valence-corrected chi connectivity index (χ4v) is 1.84. The third-order valence-corrected chi connectivity index (χ3v) is 2.59. The molecule has 1 aliphatic rings. The normalized spacial score (nSPS) is 22.4. The van der Waals surface area contributed by atoms with Gasteiger partial charge in [-0.25, -0.2) is 0 Å². The number of aromatic nitrogens is 1. The number of nitrogens with one attached hydrogen (secondary N) is 1. The van der Waals surface area contributed by atoms with Crippen molar-refractivity contribution in [2.75, 3.05) is 18.0 Å². The van der Waals surface area contributed by atoms with E-state index in [2.05, 4.69) is 9.88 Å². The summed E-state index contributed by atoms with van der Waals surface area (Å²) in [6.45, 7) is 1.91. The lowest BCUT2D eigenvalue weighted by molar-refractivity contribution is 0.506. The molecule has 1 unspecified atom stereocenters. The predicted molar refractivity (Wildman–Crippen MR) is 56.5 cm³/mol. The van der Waals surface area contributed by atoms with Crippen molar-refractivity contribution < 1.29 is 0 Å². The summed E-state index contributed by atoms with van der Waals surface area (Å²) in [5.74, 6) is 0. The topological polar surface area (TPSA) is 62.1 Å². The van der Waals surface area contributed by atoms with Crippen LogP contribution in [0.5, 0.6) is 0 Å². The summed E-state index contributed by atoms with van der Waals surface area (Å²) >= 11 is 0. The van der Waals surface area contributed by atoms with Crippen LogP contribution in [0.1, 0.15) is 12.8 Å². The number of nitrogens with zero attached hydrogens (tertiary/aromatic N) is 1. The highest BCUT2D eigenvalue weighted by Gasteiger charge is 2.16. The van der Waals surface area contributed by atoms with E-state index in [-0.39, 0.29) is 11.6 Å². The van der Waals surface area contributed by atoms with Gasteiger partial charge in [0.1, 0.15) is 0 Å². The quantitative estimate of drug-likeness (QED) is 0.674. The average molecular weight is 193 g/mol. The second-order valence-corrected chi connectivity index (χ2v) is 3.76. The average Bonchev–Trinajstić information content (AvgIpc) is 2.19. The zero-order valence-corrected chi connectivity index (χ0v) is 8.07. The molecule has 14 heavy (non-hydrogen) atoms. The zero-order valence-electron chi connectivity index (χ0n) is 8.07. The Morgan fingerprint density at radius 3 is 3.00 bits per heavy atom. The molecule has 2 rings (SSSR count). The number of rotatable bonds is 1. The third-order valence-electron chi connectivity index (χ3n) is 2.59. The van der Waals surface area contributed by atoms with Crippen LogP contribution in [-0.2, 0) is 0 Å². The van der Waals surface area contributed by atoms with Gasteiger partial charge in [-0.05, 0) is 18.9 Å². The molecule has 3 N–H and O–H groups in total. The highest BCUT2D eigenvalue weighted by Crippen LogP contribution is 2.16. The second kappa shape index (κ2) is 3.84. The first-order chi connectivity index (χ1) is 6.75. The molecule has 0 saturated carbocycles. The first-order valence-electron chi connectivity index (χ1n) is 4.95. The van der Waals surface area contributed by atoms with Gasteiger partial charge in [0, 0.05) is 31.4 Å². The molecule has 1 atom stereocenters. The van der Waals surface area contributed by atoms with Gasteiger partial charge < -0.3 is 15.6 Å². The Morgan fingerprint density at radius 2 is 2.36 bits per heavy atom. The molecule has 1 fully saturated rings. The summed E-state index contributed by atoms with van der Waals surface area (Å²) in [7, 11) is 0. The number of anilines is 1. The molecule has 0 bridgehead atoms. The molecule has 2 heterocycles. The van der Waals surface area contributed by atoms with Crippen molar-refractivity contribution in [1.82, 2.24) is 4.98 Å². The molecule has 4 nitrogen and oxygen atoms in total. The van der Waals surface area contributed by atoms with Gasteiger partial charge in [0.2, 0.25) is 5.56 Å². The van der Waals surface area contributed by atoms with E-state index in [9.17, 15) is 4.79 Å². The molecule has 0 spiro atoms. The summed E-state index contributed by atoms with van der Waals surface area (Å²) < 4.78 is 0. The van der Waals surface area contributed by atoms with E-state index in [0.717, 1.165) is 31.6 Å². The van der Waals surface area contributed by atoms with Crippen molar-refractivity contribution in [3.05, 3.63) is 28.7 Å². The molecule has 0 aromatic carbocycles. The molecular weight excluding hydrogens is 178 g/mol. The first kappa shape index (κ1) is 9.27. The number of pyridine rings is 1. The number of hydrogen-bond acceptors (Lipinski definition) is 3. The van der Waals surface area contributed by atoms with E-state index < -0.39 is 0 Å². The minimum absolute atomic E-state index is 0.0601. The Hall–Kier alpha value is -1.29. The van der Waals surface area contributed by atoms with Crippen molar-refractivity contribution in [3.8, 4) is 0 Å². The lowest BCUT2D eigenvalue weighted by Crippen LogP contribution is -2.42. The highest BCUT2D eigenvalue weighted by molar-refractivity contribution is 5.44. The lowest BCUT2D eigenvalue weighted by atomic mass is 10.1. The van der Waals surface area contributed by atoms with Crippen LogP contribution in [0.25, 0.3) is 0 Å². The first-order valence-corrected chi connectivity index (χ1v) is 4.95. The molecule has 0 radical (unpaired) electrons. The molecule has 0 amide bonds. The lowest BCUT2D eigenvalue weighted by Gasteiger charge is -2.32. The van der Waals surface area contributed by atoms with E-state index in [1.807, 2.05) is 6.07 Å². The fraction of sp³-hybridized carbons (Fsp3) is 0.500. The molecule has 1 aromatic rings. The van der Waals surface area contributed by atoms with E-state index in [0.29, 0.717) is 0 Å². The standard InChI is InChI=1S/C10H15N3O/c11-8-2-1-5-13(7-8)9-3-4-10(14)12-6-9/h3-4,6,8H,1-2,5,7,11H2,(H,12,14). The van der Waals surface area contributed by atoms with E-state index in [4.69, 9.17) is 5.73 Å². The number of aromatic amines is 1. The SMILES string of the molecule is NC1CCCN(c2ccc(=O)[nH]c2)C1. The van der Waals surface area contributed by atoms with E-state index in [1.54, 1.807) is 12.3 Å². The van der Waals surface area contributed by atoms with Crippen LogP contribution in [-0.4, -0.2) is 24.1 Å². The predicted octanol–water partition coefficient (Wildman–Crippen LogP) is 0.302. The maximum Gasteiger partial charge on any atom is 0.248 e. The van der Waals surface area contributed by atoms with Crippen LogP contribution in [0, 0.1) is 0 Å². The molecule has 76 valence electrons. The monoisotopic (exact) mass is 193 g/mol. The van der Waals surface area contributed by atoms with Crippen LogP contribution in [0.15, 0.2) is 23.1 Å². The molecular formula is C10H15N3O. The van der Waals surface area contributed by atoms with Crippen LogP contribution < -0.4 is 16.2 Å². The van der Waals surface area contributed by atoms with Gasteiger partial charge in [-0.1, -0.05) is 0 Å². The van der Waals surface area contributed by atoms with Gasteiger partial charge in [-0.3, -0.25) is 4.79 Å². The van der Waals surface area contributed by atoms with Crippen LogP contribution in [0.2, 0.25) is 0 Å². The Labute approximate surface area is 82.7 Å². The summed E-state index contributed by atoms with van der Waals surface area (Å²) in [5, 5.41) is 0. The number of nitrogens with two attached hydrogens (primary N) is 1. The summed E-state index contributed by atoms with van der Waals surface area (Å²) in [6, 6.07) is 3.66. The fourth-order valence-electron chi connectivity index (χ4n) is 1.84. The van der Waals surface area contributed by atoms with Crippen LogP contribution in [0.4, 0.5) is 5.69 Å². The van der Waals surface area contributed by atoms with Gasteiger partial charge >= 0.3 is 0 Å². The maximum absolute atomic E-state index is 10.9. The van der Waals surface area contributed by atoms with Gasteiger partial charge in [-0.15, -0.1) is 0 Å². The van der Waals surface area contributed by atoms with Crippen LogP contribution in [0.3, 0.4) is 0 Å². The second-order valence-electron chi connectivity index (χ2n) is 3.76. The zero-order chi connectivity index (χ0) is 9.97. The smallest absolute Gasteiger partial charge is 0.248 e. The van der Waals surface area contributed by atoms with E-state index in [1.165, 1.54) is 0 Å². The van der Waals surface area contributed by atoms with Gasteiger partial charge in [0.15, 0.2) is 0 Å². The van der Waals surface area contributed by atoms with E-state index >= 15 is 0 Å². The van der Waals surface area contributed by atoms with Crippen molar-refractivity contribution in [3.63, 3.8) is 0 Å². The highest BCUT2D eigenvalue weighted by atomic mass is 16.1. The summed E-state index contributed by atoms with van der Waals surface area (Å²) in [5.41, 5.74) is 6.87. The minimum atomic E-state index is -0.0601. The Bertz CT molecular complexity index is 340.